The van der Waals surface area contributed by atoms with Crippen molar-refractivity contribution in [3.8, 4) is 11.5 Å². The van der Waals surface area contributed by atoms with Gasteiger partial charge in [0.1, 0.15) is 23.1 Å². The molecule has 0 radical (unpaired) electrons. The summed E-state index contributed by atoms with van der Waals surface area (Å²) in [6.45, 7) is 0.287. The minimum Gasteiger partial charge on any atom is -0.507 e. The average molecular weight is 638 g/mol. The lowest BCUT2D eigenvalue weighted by molar-refractivity contribution is -0.148. The number of nitrogens with zero attached hydrogens (tertiary/aromatic N) is 1. The number of hydrogen-bond acceptors (Lipinski definition) is 9. The van der Waals surface area contributed by atoms with Crippen LogP contribution in [0.25, 0.3) is 0 Å². The summed E-state index contributed by atoms with van der Waals surface area (Å²) < 4.78 is 10.1. The molecule has 3 rings (SSSR count). The van der Waals surface area contributed by atoms with Gasteiger partial charge in [0, 0.05) is 18.7 Å². The Morgan fingerprint density at radius 3 is 2.17 bits per heavy atom. The first kappa shape index (κ1) is 34.4. The van der Waals surface area contributed by atoms with E-state index in [1.54, 1.807) is 0 Å². The maximum atomic E-state index is 13.0. The van der Waals surface area contributed by atoms with Crippen LogP contribution in [0.5, 0.6) is 11.5 Å². The third-order valence-electron chi connectivity index (χ3n) is 6.54. The summed E-state index contributed by atoms with van der Waals surface area (Å²) in [6.07, 6.45) is -0.0488. The van der Waals surface area contributed by atoms with E-state index in [4.69, 9.17) is 4.74 Å². The van der Waals surface area contributed by atoms with E-state index in [-0.39, 0.29) is 47.8 Å². The van der Waals surface area contributed by atoms with Gasteiger partial charge in [-0.05, 0) is 54.8 Å². The normalized spacial score (nSPS) is 11.1. The van der Waals surface area contributed by atoms with Gasteiger partial charge in [0.2, 0.25) is 5.91 Å². The van der Waals surface area contributed by atoms with E-state index in [0.717, 1.165) is 12.0 Å². The third-order valence-corrected chi connectivity index (χ3v) is 6.54. The molecule has 0 spiro atoms. The number of carbonyl (C=O) groups excluding carboxylic acids is 3. The number of aromatic hydroxyl groups is 1. The summed E-state index contributed by atoms with van der Waals surface area (Å²) in [5.41, 5.74) is -0.254. The Morgan fingerprint density at radius 1 is 0.848 bits per heavy atom. The summed E-state index contributed by atoms with van der Waals surface area (Å²) in [4.78, 5) is 72.9. The van der Waals surface area contributed by atoms with Crippen LogP contribution >= 0.6 is 0 Å². The standard InChI is InChI=1S/C31H31N3O12/c1-45-31(44)33-21(26(36)32-15-4-5-16-46-24-10-6-9-23(35)25(24)29(40)41)17-18-11-13-19(14-12-18)34(27(37)30(42)43)22-8-3-2-7-20(22)28(38)39/h2-3,6-14,21,35H,4-5,15-17H2,1H3,(H,32,36)(H,33,44)(H,38,39)(H,40,41)(H,42,43)/t21-/m0/s1. The van der Waals surface area contributed by atoms with Gasteiger partial charge in [-0.1, -0.05) is 30.3 Å². The fraction of sp³-hybridized carbons (Fsp3) is 0.226. The van der Waals surface area contributed by atoms with Crippen LogP contribution in [-0.4, -0.2) is 82.5 Å². The first-order valence-electron chi connectivity index (χ1n) is 13.7. The number of aromatic carboxylic acids is 2. The lowest BCUT2D eigenvalue weighted by atomic mass is 10.0. The molecule has 0 aliphatic heterocycles. The number of benzene rings is 3. The Kier molecular flexibility index (Phi) is 12.0. The van der Waals surface area contributed by atoms with Crippen LogP contribution in [0.2, 0.25) is 0 Å². The van der Waals surface area contributed by atoms with Crippen molar-refractivity contribution in [2.24, 2.45) is 0 Å². The average Bonchev–Trinajstić information content (AvgIpc) is 3.02. The number of carbonyl (C=O) groups is 6. The molecule has 0 fully saturated rings. The van der Waals surface area contributed by atoms with Crippen LogP contribution in [0, 0.1) is 0 Å². The zero-order valence-electron chi connectivity index (χ0n) is 24.5. The molecule has 0 bridgehead atoms. The molecule has 0 saturated heterocycles. The molecular formula is C31H31N3O12. The van der Waals surface area contributed by atoms with Gasteiger partial charge >= 0.3 is 29.9 Å². The van der Waals surface area contributed by atoms with Crippen molar-refractivity contribution in [3.05, 3.63) is 83.4 Å². The summed E-state index contributed by atoms with van der Waals surface area (Å²) in [5, 5.41) is 43.1. The van der Waals surface area contributed by atoms with Gasteiger partial charge < -0.3 is 40.5 Å². The van der Waals surface area contributed by atoms with Crippen molar-refractivity contribution in [2.75, 3.05) is 25.2 Å². The van der Waals surface area contributed by atoms with E-state index in [1.807, 2.05) is 0 Å². The fourth-order valence-corrected chi connectivity index (χ4v) is 4.34. The minimum absolute atomic E-state index is 0.00596. The van der Waals surface area contributed by atoms with Crippen LogP contribution in [0.15, 0.2) is 66.7 Å². The molecule has 6 N–H and O–H groups in total. The first-order valence-corrected chi connectivity index (χ1v) is 13.7. The zero-order chi connectivity index (χ0) is 33.8. The fourth-order valence-electron chi connectivity index (χ4n) is 4.34. The van der Waals surface area contributed by atoms with Crippen LogP contribution in [-0.2, 0) is 25.5 Å². The van der Waals surface area contributed by atoms with Crippen molar-refractivity contribution >= 4 is 47.2 Å². The molecule has 3 amide bonds. The van der Waals surface area contributed by atoms with Gasteiger partial charge in [-0.3, -0.25) is 14.5 Å². The van der Waals surface area contributed by atoms with Crippen molar-refractivity contribution < 1.29 is 58.7 Å². The predicted octanol–water partition coefficient (Wildman–Crippen LogP) is 2.78. The van der Waals surface area contributed by atoms with E-state index in [0.29, 0.717) is 18.4 Å². The molecule has 0 aromatic heterocycles. The molecule has 46 heavy (non-hydrogen) atoms. The minimum atomic E-state index is -1.81. The quantitative estimate of drug-likeness (QED) is 0.111. The van der Waals surface area contributed by atoms with Crippen molar-refractivity contribution in [2.45, 2.75) is 25.3 Å². The predicted molar refractivity (Wildman–Crippen MR) is 160 cm³/mol. The van der Waals surface area contributed by atoms with E-state index >= 15 is 0 Å². The zero-order valence-corrected chi connectivity index (χ0v) is 24.5. The number of rotatable bonds is 14. The number of anilines is 2. The maximum Gasteiger partial charge on any atom is 0.407 e. The van der Waals surface area contributed by atoms with Crippen LogP contribution in [0.4, 0.5) is 16.2 Å². The van der Waals surface area contributed by atoms with Crippen molar-refractivity contribution in [1.29, 1.82) is 0 Å². The highest BCUT2D eigenvalue weighted by Crippen LogP contribution is 2.30. The number of alkyl carbamates (subject to hydrolysis) is 1. The number of methoxy groups -OCH3 is 1. The Balaban J connectivity index is 1.66. The molecule has 1 atom stereocenters. The second-order valence-electron chi connectivity index (χ2n) is 9.63. The van der Waals surface area contributed by atoms with Crippen molar-refractivity contribution in [3.63, 3.8) is 0 Å². The Hall–Kier alpha value is -6.12. The highest BCUT2D eigenvalue weighted by molar-refractivity contribution is 6.39. The van der Waals surface area contributed by atoms with Crippen molar-refractivity contribution in [1.82, 2.24) is 10.6 Å². The SMILES string of the molecule is COC(=O)N[C@@H](Cc1ccc(N(C(=O)C(=O)O)c2ccccc2C(=O)O)cc1)C(=O)NCCCCOc1cccc(O)c1C(=O)O. The molecule has 3 aromatic carbocycles. The molecule has 0 unspecified atom stereocenters. The summed E-state index contributed by atoms with van der Waals surface area (Å²) >= 11 is 0. The summed E-state index contributed by atoms with van der Waals surface area (Å²) in [6, 6.07) is 14.2. The second kappa shape index (κ2) is 16.1. The Bertz CT molecular complexity index is 1610. The number of amides is 3. The molecule has 0 aliphatic rings. The van der Waals surface area contributed by atoms with Gasteiger partial charge in [-0.25, -0.2) is 19.2 Å². The third kappa shape index (κ3) is 8.95. The van der Waals surface area contributed by atoms with E-state index in [2.05, 4.69) is 15.4 Å². The molecule has 242 valence electrons. The largest absolute Gasteiger partial charge is 0.507 e. The lowest BCUT2D eigenvalue weighted by Crippen LogP contribution is -2.48. The smallest absolute Gasteiger partial charge is 0.407 e. The van der Waals surface area contributed by atoms with Gasteiger partial charge in [-0.15, -0.1) is 0 Å². The van der Waals surface area contributed by atoms with Gasteiger partial charge in [-0.2, -0.15) is 0 Å². The van der Waals surface area contributed by atoms with E-state index in [9.17, 15) is 49.2 Å². The summed E-state index contributed by atoms with van der Waals surface area (Å²) in [5.74, 6) is -6.87. The van der Waals surface area contributed by atoms with E-state index in [1.165, 1.54) is 66.7 Å². The monoisotopic (exact) mass is 637 g/mol. The lowest BCUT2D eigenvalue weighted by Gasteiger charge is -2.23. The molecule has 3 aromatic rings. The highest BCUT2D eigenvalue weighted by atomic mass is 16.5. The topological polar surface area (TPSA) is 229 Å². The number of aliphatic carboxylic acids is 1. The molecule has 0 heterocycles. The second-order valence-corrected chi connectivity index (χ2v) is 9.63. The Labute approximate surface area is 262 Å². The van der Waals surface area contributed by atoms with Crippen LogP contribution in [0.1, 0.15) is 39.1 Å². The number of hydrogen-bond donors (Lipinski definition) is 6. The molecule has 0 saturated carbocycles. The number of para-hydroxylation sites is 1. The van der Waals surface area contributed by atoms with Crippen LogP contribution in [0.3, 0.4) is 0 Å². The number of carboxylic acids is 3. The maximum absolute atomic E-state index is 13.0. The number of carboxylic acid groups (broad SMARTS) is 3. The molecular weight excluding hydrogens is 606 g/mol. The molecule has 0 aliphatic carbocycles. The summed E-state index contributed by atoms with van der Waals surface area (Å²) in [7, 11) is 1.13. The molecule has 15 nitrogen and oxygen atoms in total. The number of phenols is 1. The number of unbranched alkanes of at least 4 members (excludes halogenated alkanes) is 1. The van der Waals surface area contributed by atoms with Crippen LogP contribution < -0.4 is 20.3 Å². The van der Waals surface area contributed by atoms with E-state index < -0.39 is 47.6 Å². The molecule has 15 heteroatoms. The van der Waals surface area contributed by atoms with Gasteiger partial charge in [0.05, 0.1) is 25.0 Å². The Morgan fingerprint density at radius 2 is 1.54 bits per heavy atom. The van der Waals surface area contributed by atoms with Gasteiger partial charge in [0.25, 0.3) is 0 Å². The highest BCUT2D eigenvalue weighted by Gasteiger charge is 2.28. The number of ether oxygens (including phenoxy) is 2. The first-order chi connectivity index (χ1) is 21.9. The number of nitrogens with one attached hydrogen (secondary N) is 2. The van der Waals surface area contributed by atoms with Gasteiger partial charge in [0.15, 0.2) is 0 Å².